The fraction of sp³-hybridized carbons (Fsp3) is 0.389. The topological polar surface area (TPSA) is 72.1 Å². The maximum Gasteiger partial charge on any atom is 0.307 e. The van der Waals surface area contributed by atoms with Crippen LogP contribution in [0, 0.1) is 5.92 Å². The number of aliphatic carboxylic acids is 1. The number of piperidine rings is 1. The lowest BCUT2D eigenvalue weighted by molar-refractivity contribution is -0.143. The zero-order valence-electron chi connectivity index (χ0n) is 13.2. The van der Waals surface area contributed by atoms with Crippen molar-refractivity contribution in [2.24, 2.45) is 5.92 Å². The van der Waals surface area contributed by atoms with Crippen LogP contribution in [0.5, 0.6) is 11.5 Å². The molecule has 1 N–H and O–H groups in total. The van der Waals surface area contributed by atoms with Crippen LogP contribution < -0.4 is 9.47 Å². The summed E-state index contributed by atoms with van der Waals surface area (Å²) in [6, 6.07) is 9.50. The number of carboxylic acid groups (broad SMARTS) is 1. The van der Waals surface area contributed by atoms with E-state index in [0.29, 0.717) is 6.54 Å². The van der Waals surface area contributed by atoms with E-state index in [9.17, 15) is 9.90 Å². The highest BCUT2D eigenvalue weighted by Gasteiger charge is 2.33. The lowest BCUT2D eigenvalue weighted by Crippen LogP contribution is -2.41. The molecule has 3 heterocycles. The van der Waals surface area contributed by atoms with Crippen molar-refractivity contribution >= 4 is 5.97 Å². The first-order valence-corrected chi connectivity index (χ1v) is 8.12. The molecule has 2 aromatic rings. The second-order valence-electron chi connectivity index (χ2n) is 6.20. The smallest absolute Gasteiger partial charge is 0.307 e. The first-order valence-electron chi connectivity index (χ1n) is 8.12. The summed E-state index contributed by atoms with van der Waals surface area (Å²) >= 11 is 0. The molecule has 0 saturated carbocycles. The van der Waals surface area contributed by atoms with E-state index >= 15 is 0 Å². The van der Waals surface area contributed by atoms with Gasteiger partial charge in [-0.05, 0) is 49.2 Å². The van der Waals surface area contributed by atoms with E-state index in [0.717, 1.165) is 42.2 Å². The first kappa shape index (κ1) is 15.1. The average Bonchev–Trinajstić information content (AvgIpc) is 3.26. The van der Waals surface area contributed by atoms with Gasteiger partial charge in [0, 0.05) is 6.54 Å². The molecule has 0 bridgehead atoms. The molecule has 24 heavy (non-hydrogen) atoms. The maximum absolute atomic E-state index is 11.4. The number of benzene rings is 1. The minimum Gasteiger partial charge on any atom is -0.481 e. The van der Waals surface area contributed by atoms with Gasteiger partial charge >= 0.3 is 5.97 Å². The standard InChI is InChI=1S/C18H19NO5/c20-18(21)13-3-1-7-19(10-13)17(15-4-2-8-22-15)12-5-6-14-16(9-12)24-11-23-14/h2,4-6,8-9,13,17H,1,3,7,10-11H2,(H,20,21). The van der Waals surface area contributed by atoms with Crippen molar-refractivity contribution in [3.63, 3.8) is 0 Å². The van der Waals surface area contributed by atoms with E-state index in [1.165, 1.54) is 0 Å². The maximum atomic E-state index is 11.4. The molecule has 6 heteroatoms. The van der Waals surface area contributed by atoms with Gasteiger partial charge in [0.1, 0.15) is 5.76 Å². The number of hydrogen-bond acceptors (Lipinski definition) is 5. The third-order valence-electron chi connectivity index (χ3n) is 4.69. The minimum absolute atomic E-state index is 0.128. The molecular weight excluding hydrogens is 310 g/mol. The average molecular weight is 329 g/mol. The van der Waals surface area contributed by atoms with Crippen LogP contribution in [0.4, 0.5) is 0 Å². The zero-order valence-corrected chi connectivity index (χ0v) is 13.2. The molecule has 1 saturated heterocycles. The summed E-state index contributed by atoms with van der Waals surface area (Å²) in [5.41, 5.74) is 1.01. The molecule has 2 aliphatic heterocycles. The normalized spacial score (nSPS) is 21.6. The van der Waals surface area contributed by atoms with Gasteiger partial charge in [0.05, 0.1) is 18.2 Å². The Morgan fingerprint density at radius 2 is 2.12 bits per heavy atom. The fourth-order valence-corrected chi connectivity index (χ4v) is 3.53. The number of likely N-dealkylation sites (tertiary alicyclic amines) is 1. The van der Waals surface area contributed by atoms with Gasteiger partial charge in [-0.3, -0.25) is 9.69 Å². The molecule has 2 unspecified atom stereocenters. The van der Waals surface area contributed by atoms with E-state index in [1.54, 1.807) is 6.26 Å². The Bertz CT molecular complexity index is 727. The Hall–Kier alpha value is -2.47. The predicted octanol–water partition coefficient (Wildman–Crippen LogP) is 2.89. The lowest BCUT2D eigenvalue weighted by Gasteiger charge is -2.36. The van der Waals surface area contributed by atoms with Crippen LogP contribution in [-0.2, 0) is 4.79 Å². The van der Waals surface area contributed by atoms with Crippen molar-refractivity contribution in [3.05, 3.63) is 47.9 Å². The second kappa shape index (κ2) is 6.20. The minimum atomic E-state index is -0.733. The van der Waals surface area contributed by atoms with Crippen LogP contribution in [0.1, 0.15) is 30.2 Å². The van der Waals surface area contributed by atoms with Crippen LogP contribution in [0.15, 0.2) is 41.0 Å². The van der Waals surface area contributed by atoms with Crippen molar-refractivity contribution in [2.75, 3.05) is 19.9 Å². The Balaban J connectivity index is 1.69. The van der Waals surface area contributed by atoms with Gasteiger partial charge in [0.15, 0.2) is 11.5 Å². The SMILES string of the molecule is O=C(O)C1CCCN(C(c2ccc3c(c2)OCO3)c2ccco2)C1. The highest BCUT2D eigenvalue weighted by Crippen LogP contribution is 2.39. The molecular formula is C18H19NO5. The summed E-state index contributed by atoms with van der Waals surface area (Å²) in [6.45, 7) is 1.58. The second-order valence-corrected chi connectivity index (χ2v) is 6.20. The van der Waals surface area contributed by atoms with Gasteiger partial charge in [-0.2, -0.15) is 0 Å². The van der Waals surface area contributed by atoms with Crippen molar-refractivity contribution in [1.82, 2.24) is 4.90 Å². The molecule has 6 nitrogen and oxygen atoms in total. The number of nitrogens with zero attached hydrogens (tertiary/aromatic N) is 1. The zero-order chi connectivity index (χ0) is 16.5. The molecule has 1 fully saturated rings. The summed E-state index contributed by atoms with van der Waals surface area (Å²) in [5.74, 6) is 1.18. The molecule has 2 aliphatic rings. The van der Waals surface area contributed by atoms with E-state index < -0.39 is 5.97 Å². The van der Waals surface area contributed by atoms with Crippen molar-refractivity contribution < 1.29 is 23.8 Å². The molecule has 0 radical (unpaired) electrons. The number of fused-ring (bicyclic) bond motifs is 1. The van der Waals surface area contributed by atoms with Gasteiger partial charge in [-0.1, -0.05) is 6.07 Å². The molecule has 1 aromatic carbocycles. The predicted molar refractivity (Wildman–Crippen MR) is 85.0 cm³/mol. The van der Waals surface area contributed by atoms with E-state index in [-0.39, 0.29) is 18.8 Å². The Kier molecular flexibility index (Phi) is 3.90. The van der Waals surface area contributed by atoms with E-state index in [4.69, 9.17) is 13.9 Å². The number of carbonyl (C=O) groups is 1. The first-order chi connectivity index (χ1) is 11.7. The quantitative estimate of drug-likeness (QED) is 0.930. The Morgan fingerprint density at radius 3 is 2.92 bits per heavy atom. The largest absolute Gasteiger partial charge is 0.481 e. The van der Waals surface area contributed by atoms with Crippen LogP contribution in [0.25, 0.3) is 0 Å². The summed E-state index contributed by atoms with van der Waals surface area (Å²) in [4.78, 5) is 13.6. The fourth-order valence-electron chi connectivity index (χ4n) is 3.53. The molecule has 1 aromatic heterocycles. The molecule has 4 rings (SSSR count). The summed E-state index contributed by atoms with van der Waals surface area (Å²) in [7, 11) is 0. The molecule has 0 amide bonds. The summed E-state index contributed by atoms with van der Waals surface area (Å²) < 4.78 is 16.5. The number of ether oxygens (including phenoxy) is 2. The Morgan fingerprint density at radius 1 is 1.25 bits per heavy atom. The molecule has 126 valence electrons. The summed E-state index contributed by atoms with van der Waals surface area (Å²) in [6.07, 6.45) is 3.23. The van der Waals surface area contributed by atoms with Gasteiger partial charge in [0.2, 0.25) is 6.79 Å². The number of rotatable bonds is 4. The van der Waals surface area contributed by atoms with Crippen molar-refractivity contribution in [2.45, 2.75) is 18.9 Å². The summed E-state index contributed by atoms with van der Waals surface area (Å²) in [5, 5.41) is 9.38. The van der Waals surface area contributed by atoms with Gasteiger partial charge in [-0.15, -0.1) is 0 Å². The van der Waals surface area contributed by atoms with Crippen molar-refractivity contribution in [3.8, 4) is 11.5 Å². The van der Waals surface area contributed by atoms with Gasteiger partial charge in [0.25, 0.3) is 0 Å². The Labute approximate surface area is 139 Å². The van der Waals surface area contributed by atoms with Crippen LogP contribution in [0.3, 0.4) is 0 Å². The van der Waals surface area contributed by atoms with Gasteiger partial charge < -0.3 is 19.0 Å². The molecule has 0 spiro atoms. The highest BCUT2D eigenvalue weighted by molar-refractivity contribution is 5.70. The third kappa shape index (κ3) is 2.73. The van der Waals surface area contributed by atoms with Crippen LogP contribution >= 0.6 is 0 Å². The lowest BCUT2D eigenvalue weighted by atomic mass is 9.93. The number of hydrogen-bond donors (Lipinski definition) is 1. The monoisotopic (exact) mass is 329 g/mol. The van der Waals surface area contributed by atoms with E-state index in [2.05, 4.69) is 4.90 Å². The third-order valence-corrected chi connectivity index (χ3v) is 4.69. The van der Waals surface area contributed by atoms with Crippen molar-refractivity contribution in [1.29, 1.82) is 0 Å². The molecule has 0 aliphatic carbocycles. The van der Waals surface area contributed by atoms with E-state index in [1.807, 2.05) is 30.3 Å². The number of furan rings is 1. The van der Waals surface area contributed by atoms with Crippen LogP contribution in [0.2, 0.25) is 0 Å². The molecule has 2 atom stereocenters. The highest BCUT2D eigenvalue weighted by atomic mass is 16.7. The number of carboxylic acids is 1. The van der Waals surface area contributed by atoms with Gasteiger partial charge in [-0.25, -0.2) is 0 Å². The van der Waals surface area contributed by atoms with Crippen LogP contribution in [-0.4, -0.2) is 35.9 Å².